The van der Waals surface area contributed by atoms with Gasteiger partial charge in [0.05, 0.1) is 29.2 Å². The molecule has 2 fully saturated rings. The Balaban J connectivity index is 2.01. The Hall–Kier alpha value is -3.50. The van der Waals surface area contributed by atoms with E-state index in [0.29, 0.717) is 11.3 Å². The Morgan fingerprint density at radius 1 is 0.935 bits per heavy atom. The first-order valence-corrected chi connectivity index (χ1v) is 11.1. The van der Waals surface area contributed by atoms with Gasteiger partial charge >= 0.3 is 0 Å². The van der Waals surface area contributed by atoms with Gasteiger partial charge in [-0.25, -0.2) is 0 Å². The maximum atomic E-state index is 11.1. The second-order valence-corrected chi connectivity index (χ2v) is 10.2. The fourth-order valence-electron chi connectivity index (χ4n) is 4.59. The van der Waals surface area contributed by atoms with Crippen LogP contribution in [0.25, 0.3) is 0 Å². The van der Waals surface area contributed by atoms with Gasteiger partial charge in [-0.2, -0.15) is 21.0 Å². The largest absolute Gasteiger partial charge is 0.269 e. The van der Waals surface area contributed by atoms with Crippen molar-refractivity contribution in [3.63, 3.8) is 0 Å². The highest BCUT2D eigenvalue weighted by Crippen LogP contribution is 2.77. The molecule has 0 N–H and O–H groups in total. The monoisotopic (exact) mass is 443 g/mol. The van der Waals surface area contributed by atoms with Crippen molar-refractivity contribution in [2.45, 2.75) is 15.2 Å². The Morgan fingerprint density at radius 2 is 1.55 bits per heavy atom. The Kier molecular flexibility index (Phi) is 4.91. The highest BCUT2D eigenvalue weighted by molar-refractivity contribution is 8.21. The number of hydrogen-bond donors (Lipinski definition) is 0. The molecule has 9 heteroatoms. The van der Waals surface area contributed by atoms with Crippen LogP contribution < -0.4 is 0 Å². The fourth-order valence-corrected chi connectivity index (χ4v) is 8.90. The van der Waals surface area contributed by atoms with E-state index >= 15 is 0 Å². The summed E-state index contributed by atoms with van der Waals surface area (Å²) < 4.78 is -1.23. The Bertz CT molecular complexity index is 1190. The van der Waals surface area contributed by atoms with Gasteiger partial charge in [-0.15, -0.1) is 23.5 Å². The van der Waals surface area contributed by atoms with Crippen LogP contribution in [0.4, 0.5) is 5.69 Å². The molecule has 0 aromatic heterocycles. The minimum absolute atomic E-state index is 0.117. The minimum atomic E-state index is -2.01. The van der Waals surface area contributed by atoms with Crippen LogP contribution in [0.2, 0.25) is 0 Å². The molecule has 31 heavy (non-hydrogen) atoms. The molecular formula is C22H13N5O2S2. The molecule has 2 heterocycles. The highest BCUT2D eigenvalue weighted by atomic mass is 32.2. The summed E-state index contributed by atoms with van der Waals surface area (Å²) in [5.41, 5.74) is -2.81. The molecular weight excluding hydrogens is 430 g/mol. The van der Waals surface area contributed by atoms with E-state index in [-0.39, 0.29) is 10.9 Å². The van der Waals surface area contributed by atoms with E-state index in [1.807, 2.05) is 18.2 Å². The lowest BCUT2D eigenvalue weighted by Gasteiger charge is -2.51. The fraction of sp³-hybridized carbons (Fsp3) is 0.273. The van der Waals surface area contributed by atoms with Gasteiger partial charge in [0.15, 0.2) is 5.41 Å². The molecule has 2 bridgehead atoms. The standard InChI is InChI=1S/C22H13N5O2S2/c23-11-20(12-24)19(15-4-2-1-3-5-15)18-10-30-22(31-18,21(20,13-25)14-26)16-6-8-17(9-7-16)27(28)29/h1-9,18-19H,10H2/t18-,19-,22+/m1/s1. The van der Waals surface area contributed by atoms with Gasteiger partial charge < -0.3 is 0 Å². The second kappa shape index (κ2) is 7.33. The van der Waals surface area contributed by atoms with Crippen molar-refractivity contribution in [2.75, 3.05) is 5.75 Å². The van der Waals surface area contributed by atoms with E-state index in [9.17, 15) is 31.2 Å². The second-order valence-electron chi connectivity index (χ2n) is 7.28. The average molecular weight is 444 g/mol. The summed E-state index contributed by atoms with van der Waals surface area (Å²) >= 11 is 2.77. The lowest BCUT2D eigenvalue weighted by Crippen LogP contribution is -2.57. The SMILES string of the molecule is N#CC1(C#N)[C@H](c2ccccc2)[C@H]2CS[C@@](c3ccc([N+](=O)[O-])cc3)(S2)C1(C#N)C#N. The van der Waals surface area contributed by atoms with Gasteiger partial charge in [0, 0.05) is 29.1 Å². The van der Waals surface area contributed by atoms with Crippen LogP contribution in [0.1, 0.15) is 17.0 Å². The quantitative estimate of drug-likeness (QED) is 0.500. The van der Waals surface area contributed by atoms with Crippen LogP contribution in [0.5, 0.6) is 0 Å². The highest BCUT2D eigenvalue weighted by Gasteiger charge is 2.77. The summed E-state index contributed by atoms with van der Waals surface area (Å²) in [4.78, 5) is 10.6. The molecule has 2 aromatic rings. The first-order chi connectivity index (χ1) is 14.9. The smallest absolute Gasteiger partial charge is 0.258 e. The molecule has 0 aliphatic carbocycles. The maximum absolute atomic E-state index is 11.1. The molecule has 2 aromatic carbocycles. The molecule has 2 aliphatic rings. The van der Waals surface area contributed by atoms with Crippen molar-refractivity contribution in [1.29, 1.82) is 21.0 Å². The first-order valence-electron chi connectivity index (χ1n) is 9.22. The summed E-state index contributed by atoms with van der Waals surface area (Å²) in [6.07, 6.45) is 0. The van der Waals surface area contributed by atoms with Gasteiger partial charge in [0.2, 0.25) is 5.41 Å². The van der Waals surface area contributed by atoms with Gasteiger partial charge in [-0.1, -0.05) is 30.3 Å². The van der Waals surface area contributed by atoms with E-state index in [4.69, 9.17) is 0 Å². The molecule has 0 unspecified atom stereocenters. The predicted molar refractivity (Wildman–Crippen MR) is 115 cm³/mol. The molecule has 2 aliphatic heterocycles. The van der Waals surface area contributed by atoms with E-state index in [2.05, 4.69) is 24.3 Å². The molecule has 0 saturated carbocycles. The lowest BCUT2D eigenvalue weighted by molar-refractivity contribution is -0.384. The Morgan fingerprint density at radius 3 is 2.06 bits per heavy atom. The molecule has 3 atom stereocenters. The summed E-state index contributed by atoms with van der Waals surface area (Å²) in [6.45, 7) is 0. The molecule has 0 radical (unpaired) electrons. The van der Waals surface area contributed by atoms with Crippen LogP contribution in [-0.4, -0.2) is 15.9 Å². The number of nitrogens with zero attached hydrogens (tertiary/aromatic N) is 5. The third-order valence-electron chi connectivity index (χ3n) is 6.00. The average Bonchev–Trinajstić information content (AvgIpc) is 3.22. The topological polar surface area (TPSA) is 138 Å². The maximum Gasteiger partial charge on any atom is 0.269 e. The number of rotatable bonds is 3. The normalized spacial score (nSPS) is 27.1. The molecule has 0 spiro atoms. The van der Waals surface area contributed by atoms with Crippen LogP contribution in [0.15, 0.2) is 54.6 Å². The van der Waals surface area contributed by atoms with E-state index in [0.717, 1.165) is 5.56 Å². The number of benzene rings is 2. The number of nitriles is 4. The number of nitro groups is 1. The van der Waals surface area contributed by atoms with Gasteiger partial charge in [0.1, 0.15) is 4.08 Å². The van der Waals surface area contributed by atoms with Gasteiger partial charge in [0.25, 0.3) is 5.69 Å². The number of thioether (sulfide) groups is 2. The third-order valence-corrected chi connectivity index (χ3v) is 9.94. The third kappa shape index (κ3) is 2.52. The summed E-state index contributed by atoms with van der Waals surface area (Å²) in [7, 11) is 0. The van der Waals surface area contributed by atoms with Crippen molar-refractivity contribution >= 4 is 29.2 Å². The molecule has 4 rings (SSSR count). The number of hydrogen-bond acceptors (Lipinski definition) is 8. The van der Waals surface area contributed by atoms with Gasteiger partial charge in [-0.05, 0) is 23.3 Å². The van der Waals surface area contributed by atoms with E-state index in [1.54, 1.807) is 12.1 Å². The van der Waals surface area contributed by atoms with Crippen molar-refractivity contribution in [3.8, 4) is 24.3 Å². The van der Waals surface area contributed by atoms with Crippen LogP contribution >= 0.6 is 23.5 Å². The van der Waals surface area contributed by atoms with E-state index < -0.39 is 25.8 Å². The van der Waals surface area contributed by atoms with Crippen molar-refractivity contribution < 1.29 is 4.92 Å². The van der Waals surface area contributed by atoms with Crippen LogP contribution in [-0.2, 0) is 4.08 Å². The molecule has 2 saturated heterocycles. The zero-order valence-corrected chi connectivity index (χ0v) is 17.6. The first kappa shape index (κ1) is 20.8. The van der Waals surface area contributed by atoms with Crippen molar-refractivity contribution in [2.24, 2.45) is 10.8 Å². The summed E-state index contributed by atoms with van der Waals surface area (Å²) in [5, 5.41) is 52.3. The predicted octanol–water partition coefficient (Wildman–Crippen LogP) is 4.46. The lowest BCUT2D eigenvalue weighted by atomic mass is 9.55. The van der Waals surface area contributed by atoms with Gasteiger partial charge in [-0.3, -0.25) is 10.1 Å². The zero-order valence-electron chi connectivity index (χ0n) is 15.9. The summed E-state index contributed by atoms with van der Waals surface area (Å²) in [5.74, 6) is -0.119. The zero-order chi connectivity index (χ0) is 22.3. The van der Waals surface area contributed by atoms with E-state index in [1.165, 1.54) is 47.8 Å². The van der Waals surface area contributed by atoms with Crippen LogP contribution in [0, 0.1) is 66.3 Å². The molecule has 0 amide bonds. The number of non-ortho nitro benzene ring substituents is 1. The minimum Gasteiger partial charge on any atom is -0.258 e. The van der Waals surface area contributed by atoms with Crippen LogP contribution in [0.3, 0.4) is 0 Å². The molecule has 7 nitrogen and oxygen atoms in total. The van der Waals surface area contributed by atoms with Crippen molar-refractivity contribution in [3.05, 3.63) is 75.8 Å². The Labute approximate surface area is 187 Å². The summed E-state index contributed by atoms with van der Waals surface area (Å²) in [6, 6.07) is 23.1. The number of nitro benzene ring substituents is 1. The van der Waals surface area contributed by atoms with Crippen molar-refractivity contribution in [1.82, 2.24) is 0 Å². The number of fused-ring (bicyclic) bond motifs is 2. The molecule has 150 valence electrons.